The predicted molar refractivity (Wildman–Crippen MR) is 148 cm³/mol. The van der Waals surface area contributed by atoms with Crippen LogP contribution in [0.4, 0.5) is 11.6 Å². The lowest BCUT2D eigenvalue weighted by molar-refractivity contribution is -0.113. The molecule has 8 nitrogen and oxygen atoms in total. The molecule has 4 aromatic rings. The molecule has 0 spiro atoms. The van der Waals surface area contributed by atoms with Gasteiger partial charge in [-0.2, -0.15) is 10.1 Å². The summed E-state index contributed by atoms with van der Waals surface area (Å²) in [6.07, 6.45) is 1.46. The average Bonchev–Trinajstić information content (AvgIpc) is 3.37. The van der Waals surface area contributed by atoms with Gasteiger partial charge in [0.2, 0.25) is 5.95 Å². The zero-order chi connectivity index (χ0) is 26.6. The fourth-order valence-electron chi connectivity index (χ4n) is 4.35. The first-order valence-corrected chi connectivity index (χ1v) is 12.7. The fraction of sp³-hybridized carbons (Fsp3) is 0.207. The lowest BCUT2D eigenvalue weighted by Crippen LogP contribution is -2.31. The maximum Gasteiger partial charge on any atom is 0.255 e. The number of hydrogen-bond donors (Lipinski definition) is 2. The van der Waals surface area contributed by atoms with E-state index in [1.165, 1.54) is 11.9 Å². The lowest BCUT2D eigenvalue weighted by Gasteiger charge is -2.29. The van der Waals surface area contributed by atoms with Crippen LogP contribution >= 0.6 is 11.6 Å². The van der Waals surface area contributed by atoms with Gasteiger partial charge in [0.15, 0.2) is 11.5 Å². The molecule has 0 saturated carbocycles. The highest BCUT2D eigenvalue weighted by atomic mass is 35.5. The molecule has 9 heteroatoms. The second-order valence-corrected chi connectivity index (χ2v) is 9.41. The van der Waals surface area contributed by atoms with Crippen molar-refractivity contribution in [3.8, 4) is 11.5 Å². The van der Waals surface area contributed by atoms with Crippen molar-refractivity contribution in [2.24, 2.45) is 0 Å². The van der Waals surface area contributed by atoms with Crippen molar-refractivity contribution in [3.05, 3.63) is 106 Å². The Morgan fingerprint density at radius 2 is 1.79 bits per heavy atom. The van der Waals surface area contributed by atoms with Crippen LogP contribution in [0.1, 0.15) is 36.6 Å². The number of carbonyl (C=O) groups excluding carboxylic acids is 1. The summed E-state index contributed by atoms with van der Waals surface area (Å²) in [7, 11) is 0. The molecule has 2 N–H and O–H groups in total. The van der Waals surface area contributed by atoms with E-state index in [9.17, 15) is 4.79 Å². The van der Waals surface area contributed by atoms with Gasteiger partial charge in [0.05, 0.1) is 12.2 Å². The number of benzene rings is 3. The topological polar surface area (TPSA) is 90.3 Å². The number of fused-ring (bicyclic) bond motifs is 1. The minimum atomic E-state index is -0.536. The second-order valence-electron chi connectivity index (χ2n) is 8.97. The van der Waals surface area contributed by atoms with Crippen molar-refractivity contribution in [2.45, 2.75) is 33.4 Å². The average molecular weight is 530 g/mol. The summed E-state index contributed by atoms with van der Waals surface area (Å²) >= 11 is 6.01. The molecule has 0 fully saturated rings. The van der Waals surface area contributed by atoms with Crippen LogP contribution in [0.5, 0.6) is 11.5 Å². The van der Waals surface area contributed by atoms with E-state index in [0.29, 0.717) is 52.6 Å². The number of carbonyl (C=O) groups is 1. The quantitative estimate of drug-likeness (QED) is 0.285. The Bertz CT molecular complexity index is 1480. The predicted octanol–water partition coefficient (Wildman–Crippen LogP) is 6.15. The van der Waals surface area contributed by atoms with Gasteiger partial charge in [0.25, 0.3) is 5.91 Å². The first-order valence-electron chi connectivity index (χ1n) is 12.3. The molecule has 0 saturated heterocycles. The smallest absolute Gasteiger partial charge is 0.255 e. The number of allylic oxidation sites excluding steroid dienone is 1. The Morgan fingerprint density at radius 1 is 1.03 bits per heavy atom. The minimum Gasteiger partial charge on any atom is -0.490 e. The van der Waals surface area contributed by atoms with E-state index < -0.39 is 6.04 Å². The molecule has 38 heavy (non-hydrogen) atoms. The van der Waals surface area contributed by atoms with Crippen LogP contribution in [-0.2, 0) is 11.4 Å². The largest absolute Gasteiger partial charge is 0.490 e. The van der Waals surface area contributed by atoms with Crippen molar-refractivity contribution in [1.29, 1.82) is 0 Å². The molecule has 0 aliphatic carbocycles. The van der Waals surface area contributed by atoms with Gasteiger partial charge in [0.1, 0.15) is 19.0 Å². The van der Waals surface area contributed by atoms with E-state index in [4.69, 9.17) is 21.1 Å². The third kappa shape index (κ3) is 5.35. The zero-order valence-corrected chi connectivity index (χ0v) is 22.1. The van der Waals surface area contributed by atoms with Crippen molar-refractivity contribution >= 4 is 29.1 Å². The van der Waals surface area contributed by atoms with Gasteiger partial charge in [0, 0.05) is 16.4 Å². The van der Waals surface area contributed by atoms with Crippen molar-refractivity contribution in [2.75, 3.05) is 17.2 Å². The molecular formula is C29H28ClN5O3. The van der Waals surface area contributed by atoms with Crippen molar-refractivity contribution in [1.82, 2.24) is 14.8 Å². The summed E-state index contributed by atoms with van der Waals surface area (Å²) in [5.74, 6) is 1.50. The van der Waals surface area contributed by atoms with Gasteiger partial charge in [-0.1, -0.05) is 47.5 Å². The van der Waals surface area contributed by atoms with Gasteiger partial charge in [-0.25, -0.2) is 4.68 Å². The monoisotopic (exact) mass is 529 g/mol. The summed E-state index contributed by atoms with van der Waals surface area (Å²) in [5, 5.41) is 11.2. The lowest BCUT2D eigenvalue weighted by atomic mass is 9.94. The molecular weight excluding hydrogens is 502 g/mol. The summed E-state index contributed by atoms with van der Waals surface area (Å²) < 4.78 is 13.8. The number of hydrogen-bond acceptors (Lipinski definition) is 6. The third-order valence-electron chi connectivity index (χ3n) is 6.24. The normalized spacial score (nSPS) is 14.5. The Labute approximate surface area is 226 Å². The third-order valence-corrected chi connectivity index (χ3v) is 6.49. The Morgan fingerprint density at radius 3 is 2.53 bits per heavy atom. The molecule has 5 rings (SSSR count). The van der Waals surface area contributed by atoms with Crippen molar-refractivity contribution in [3.63, 3.8) is 0 Å². The highest BCUT2D eigenvalue weighted by molar-refractivity contribution is 6.30. The number of ether oxygens (including phenoxy) is 2. The van der Waals surface area contributed by atoms with Gasteiger partial charge in [-0.3, -0.25) is 4.79 Å². The Balaban J connectivity index is 1.48. The first-order chi connectivity index (χ1) is 18.4. The number of aryl methyl sites for hydroxylation is 1. The van der Waals surface area contributed by atoms with Gasteiger partial charge < -0.3 is 20.1 Å². The minimum absolute atomic E-state index is 0.263. The fourth-order valence-corrected chi connectivity index (χ4v) is 4.48. The summed E-state index contributed by atoms with van der Waals surface area (Å²) in [6, 6.07) is 20.4. The summed E-state index contributed by atoms with van der Waals surface area (Å²) in [6.45, 7) is 6.70. The van der Waals surface area contributed by atoms with E-state index in [0.717, 1.165) is 11.1 Å². The maximum absolute atomic E-state index is 13.6. The van der Waals surface area contributed by atoms with Crippen LogP contribution < -0.4 is 20.1 Å². The summed E-state index contributed by atoms with van der Waals surface area (Å²) in [4.78, 5) is 17.9. The van der Waals surface area contributed by atoms with Gasteiger partial charge >= 0.3 is 0 Å². The van der Waals surface area contributed by atoms with E-state index in [1.54, 1.807) is 28.9 Å². The molecule has 0 unspecified atom stereocenters. The van der Waals surface area contributed by atoms with E-state index in [-0.39, 0.29) is 5.91 Å². The molecule has 1 aromatic heterocycles. The number of rotatable bonds is 8. The van der Waals surface area contributed by atoms with E-state index in [2.05, 4.69) is 39.8 Å². The number of halogens is 1. The molecule has 1 aliphatic rings. The number of amides is 1. The molecule has 0 radical (unpaired) electrons. The number of anilines is 2. The Hall–Kier alpha value is -4.30. The van der Waals surface area contributed by atoms with Crippen LogP contribution in [0, 0.1) is 6.92 Å². The molecule has 3 aromatic carbocycles. The molecule has 1 aliphatic heterocycles. The molecule has 194 valence electrons. The molecule has 0 bridgehead atoms. The first kappa shape index (κ1) is 25.4. The van der Waals surface area contributed by atoms with Crippen LogP contribution in [0.3, 0.4) is 0 Å². The van der Waals surface area contributed by atoms with Gasteiger partial charge in [-0.05, 0) is 68.3 Å². The SMILES string of the molecule is CCOc1cc([C@H]2C(C(=O)Nc3ccc(Cl)cc3)=C(C)Nc3ncnn32)ccc1OCc1ccc(C)cc1. The van der Waals surface area contributed by atoms with E-state index >= 15 is 0 Å². The maximum atomic E-state index is 13.6. The highest BCUT2D eigenvalue weighted by Crippen LogP contribution is 2.39. The second kappa shape index (κ2) is 11.0. The highest BCUT2D eigenvalue weighted by Gasteiger charge is 2.34. The van der Waals surface area contributed by atoms with Gasteiger partial charge in [-0.15, -0.1) is 0 Å². The standard InChI is InChI=1S/C29H28ClN5O3/c1-4-37-25-15-21(9-14-24(25)38-16-20-7-5-18(2)6-8-20)27-26(19(3)33-29-31-17-32-35(27)29)28(36)34-23-12-10-22(30)11-13-23/h5-15,17,27H,4,16H2,1-3H3,(H,34,36)(H,31,32,33)/t27-/m0/s1. The number of aromatic nitrogens is 3. The van der Waals surface area contributed by atoms with E-state index in [1.807, 2.05) is 44.2 Å². The van der Waals surface area contributed by atoms with Crippen LogP contribution in [0.2, 0.25) is 5.02 Å². The summed E-state index contributed by atoms with van der Waals surface area (Å²) in [5.41, 5.74) is 4.89. The molecule has 1 atom stereocenters. The molecule has 1 amide bonds. The van der Waals surface area contributed by atoms with Crippen LogP contribution in [0.25, 0.3) is 0 Å². The zero-order valence-electron chi connectivity index (χ0n) is 21.4. The number of nitrogens with one attached hydrogen (secondary N) is 2. The van der Waals surface area contributed by atoms with Crippen LogP contribution in [-0.4, -0.2) is 27.3 Å². The molecule has 2 heterocycles. The van der Waals surface area contributed by atoms with Crippen LogP contribution in [0.15, 0.2) is 84.3 Å². The van der Waals surface area contributed by atoms with Crippen molar-refractivity contribution < 1.29 is 14.3 Å². The number of nitrogens with zero attached hydrogens (tertiary/aromatic N) is 3. The Kier molecular flexibility index (Phi) is 7.33.